The van der Waals surface area contributed by atoms with E-state index in [4.69, 9.17) is 10.5 Å². The van der Waals surface area contributed by atoms with Crippen molar-refractivity contribution in [1.29, 1.82) is 0 Å². The number of ether oxygens (including phenoxy) is 1. The van der Waals surface area contributed by atoms with Crippen molar-refractivity contribution in [2.45, 2.75) is 57.4 Å². The van der Waals surface area contributed by atoms with Crippen LogP contribution in [0, 0.1) is 5.92 Å². The molecule has 2 N–H and O–H groups in total. The monoisotopic (exact) mass is 235 g/mol. The second-order valence-corrected chi connectivity index (χ2v) is 5.28. The van der Waals surface area contributed by atoms with Gasteiger partial charge >= 0.3 is 0 Å². The molecule has 2 fully saturated rings. The average Bonchev–Trinajstić information content (AvgIpc) is 3.03. The highest BCUT2D eigenvalue weighted by Gasteiger charge is 2.44. The summed E-state index contributed by atoms with van der Waals surface area (Å²) in [5.41, 5.74) is 7.60. The molecule has 2 aliphatic heterocycles. The smallest absolute Gasteiger partial charge is 0.0627 e. The van der Waals surface area contributed by atoms with Crippen molar-refractivity contribution in [3.05, 3.63) is 18.0 Å². The van der Waals surface area contributed by atoms with Crippen LogP contribution in [0.2, 0.25) is 0 Å². The number of aryl methyl sites for hydroxylation is 1. The molecular formula is C13H21N3O. The number of nitrogens with two attached hydrogens (primary N) is 1. The predicted octanol–water partition coefficient (Wildman–Crippen LogP) is 1.86. The fourth-order valence-corrected chi connectivity index (χ4v) is 3.30. The van der Waals surface area contributed by atoms with Gasteiger partial charge in [-0.05, 0) is 31.7 Å². The minimum Gasteiger partial charge on any atom is -0.375 e. The summed E-state index contributed by atoms with van der Waals surface area (Å²) in [5.74, 6) is 0.487. The molecule has 0 radical (unpaired) electrons. The van der Waals surface area contributed by atoms with E-state index < -0.39 is 0 Å². The van der Waals surface area contributed by atoms with Gasteiger partial charge in [0, 0.05) is 18.7 Å². The Labute approximate surface area is 102 Å². The molecule has 94 valence electrons. The zero-order chi connectivity index (χ0) is 11.8. The van der Waals surface area contributed by atoms with Crippen LogP contribution in [0.4, 0.5) is 0 Å². The van der Waals surface area contributed by atoms with Crippen LogP contribution in [0.25, 0.3) is 0 Å². The normalized spacial score (nSPS) is 33.2. The van der Waals surface area contributed by atoms with Crippen LogP contribution in [0.3, 0.4) is 0 Å². The zero-order valence-corrected chi connectivity index (χ0v) is 10.4. The number of nitrogens with zero attached hydrogens (tertiary/aromatic N) is 2. The molecule has 2 bridgehead atoms. The van der Waals surface area contributed by atoms with Crippen molar-refractivity contribution in [1.82, 2.24) is 9.78 Å². The Morgan fingerprint density at radius 3 is 3.12 bits per heavy atom. The van der Waals surface area contributed by atoms with E-state index >= 15 is 0 Å². The number of aromatic nitrogens is 2. The lowest BCUT2D eigenvalue weighted by atomic mass is 9.83. The first-order valence-electron chi connectivity index (χ1n) is 6.72. The summed E-state index contributed by atoms with van der Waals surface area (Å²) < 4.78 is 7.95. The Morgan fingerprint density at radius 2 is 2.47 bits per heavy atom. The lowest BCUT2D eigenvalue weighted by molar-refractivity contribution is 0.0879. The molecule has 2 saturated heterocycles. The van der Waals surface area contributed by atoms with Crippen molar-refractivity contribution >= 4 is 0 Å². The van der Waals surface area contributed by atoms with Gasteiger partial charge in [0.25, 0.3) is 0 Å². The molecule has 17 heavy (non-hydrogen) atoms. The maximum Gasteiger partial charge on any atom is 0.0627 e. The van der Waals surface area contributed by atoms with Gasteiger partial charge in [0.05, 0.1) is 23.9 Å². The van der Waals surface area contributed by atoms with E-state index in [1.54, 1.807) is 0 Å². The fourth-order valence-electron chi connectivity index (χ4n) is 3.30. The second-order valence-electron chi connectivity index (χ2n) is 5.28. The van der Waals surface area contributed by atoms with Crippen LogP contribution in [0.5, 0.6) is 0 Å². The fraction of sp³-hybridized carbons (Fsp3) is 0.769. The number of fused-ring (bicyclic) bond motifs is 2. The van der Waals surface area contributed by atoms with Gasteiger partial charge in [-0.25, -0.2) is 0 Å². The number of hydrogen-bond acceptors (Lipinski definition) is 3. The van der Waals surface area contributed by atoms with Crippen LogP contribution in [0.1, 0.15) is 44.3 Å². The lowest BCUT2D eigenvalue weighted by Crippen LogP contribution is -2.31. The molecule has 4 unspecified atom stereocenters. The Balaban J connectivity index is 1.77. The summed E-state index contributed by atoms with van der Waals surface area (Å²) in [5, 5.41) is 4.36. The van der Waals surface area contributed by atoms with Gasteiger partial charge < -0.3 is 10.5 Å². The standard InChI is InChI=1S/C13H21N3O/c1-2-7-16-11(5-6-15-16)13(14)10-8-9-3-4-12(10)17-9/h5-6,9-10,12-13H,2-4,7-8,14H2,1H3. The number of rotatable bonds is 4. The highest BCUT2D eigenvalue weighted by Crippen LogP contribution is 2.43. The van der Waals surface area contributed by atoms with Crippen molar-refractivity contribution in [3.8, 4) is 0 Å². The highest BCUT2D eigenvalue weighted by molar-refractivity contribution is 5.11. The molecule has 0 saturated carbocycles. The molecule has 4 nitrogen and oxygen atoms in total. The maximum atomic E-state index is 6.42. The van der Waals surface area contributed by atoms with Crippen LogP contribution in [-0.4, -0.2) is 22.0 Å². The van der Waals surface area contributed by atoms with Crippen LogP contribution in [0.15, 0.2) is 12.3 Å². The zero-order valence-electron chi connectivity index (χ0n) is 10.4. The highest BCUT2D eigenvalue weighted by atomic mass is 16.5. The molecule has 1 aromatic heterocycles. The van der Waals surface area contributed by atoms with Crippen molar-refractivity contribution < 1.29 is 4.74 Å². The Morgan fingerprint density at radius 1 is 1.59 bits per heavy atom. The quantitative estimate of drug-likeness (QED) is 0.866. The molecule has 0 amide bonds. The van der Waals surface area contributed by atoms with Gasteiger partial charge in [0.1, 0.15) is 0 Å². The molecule has 0 spiro atoms. The van der Waals surface area contributed by atoms with E-state index in [9.17, 15) is 0 Å². The third-order valence-corrected chi connectivity index (χ3v) is 4.14. The SMILES string of the molecule is CCCn1nccc1C(N)C1CC2CCC1O2. The second kappa shape index (κ2) is 4.42. The minimum atomic E-state index is 0.0827. The van der Waals surface area contributed by atoms with E-state index in [1.165, 1.54) is 18.5 Å². The molecule has 2 aliphatic rings. The molecule has 3 rings (SSSR count). The van der Waals surface area contributed by atoms with Gasteiger partial charge in [0.2, 0.25) is 0 Å². The maximum absolute atomic E-state index is 6.42. The van der Waals surface area contributed by atoms with Crippen LogP contribution < -0.4 is 5.73 Å². The van der Waals surface area contributed by atoms with Gasteiger partial charge in [-0.3, -0.25) is 4.68 Å². The van der Waals surface area contributed by atoms with Crippen LogP contribution >= 0.6 is 0 Å². The molecule has 1 aromatic rings. The average molecular weight is 235 g/mol. The first kappa shape index (κ1) is 11.2. The summed E-state index contributed by atoms with van der Waals surface area (Å²) >= 11 is 0. The summed E-state index contributed by atoms with van der Waals surface area (Å²) in [6, 6.07) is 2.14. The Bertz CT molecular complexity index is 390. The lowest BCUT2D eigenvalue weighted by Gasteiger charge is -2.25. The van der Waals surface area contributed by atoms with Gasteiger partial charge in [0.15, 0.2) is 0 Å². The van der Waals surface area contributed by atoms with E-state index in [-0.39, 0.29) is 6.04 Å². The largest absolute Gasteiger partial charge is 0.375 e. The van der Waals surface area contributed by atoms with Gasteiger partial charge in [-0.15, -0.1) is 0 Å². The van der Waals surface area contributed by atoms with Crippen LogP contribution in [-0.2, 0) is 11.3 Å². The summed E-state index contributed by atoms with van der Waals surface area (Å²) in [6.45, 7) is 3.12. The summed E-state index contributed by atoms with van der Waals surface area (Å²) in [7, 11) is 0. The van der Waals surface area contributed by atoms with Crippen molar-refractivity contribution in [2.75, 3.05) is 0 Å². The van der Waals surface area contributed by atoms with Crippen molar-refractivity contribution in [2.24, 2.45) is 11.7 Å². The summed E-state index contributed by atoms with van der Waals surface area (Å²) in [6.07, 6.45) is 7.35. The predicted molar refractivity (Wildman–Crippen MR) is 65.4 cm³/mol. The molecular weight excluding hydrogens is 214 g/mol. The molecule has 4 atom stereocenters. The van der Waals surface area contributed by atoms with E-state index in [0.717, 1.165) is 19.4 Å². The molecule has 3 heterocycles. The Kier molecular flexibility index (Phi) is 2.92. The van der Waals surface area contributed by atoms with E-state index in [0.29, 0.717) is 18.1 Å². The first-order chi connectivity index (χ1) is 8.29. The minimum absolute atomic E-state index is 0.0827. The number of hydrogen-bond donors (Lipinski definition) is 1. The molecule has 0 aromatic carbocycles. The van der Waals surface area contributed by atoms with Gasteiger partial charge in [-0.1, -0.05) is 6.92 Å². The topological polar surface area (TPSA) is 53.1 Å². The third kappa shape index (κ3) is 1.89. The Hall–Kier alpha value is -0.870. The first-order valence-corrected chi connectivity index (χ1v) is 6.72. The van der Waals surface area contributed by atoms with E-state index in [1.807, 2.05) is 6.20 Å². The summed E-state index contributed by atoms with van der Waals surface area (Å²) in [4.78, 5) is 0. The molecule has 4 heteroatoms. The van der Waals surface area contributed by atoms with Gasteiger partial charge in [-0.2, -0.15) is 5.10 Å². The van der Waals surface area contributed by atoms with E-state index in [2.05, 4.69) is 22.8 Å². The van der Waals surface area contributed by atoms with Crippen molar-refractivity contribution in [3.63, 3.8) is 0 Å². The molecule has 0 aliphatic carbocycles. The third-order valence-electron chi connectivity index (χ3n) is 4.14.